The van der Waals surface area contributed by atoms with Gasteiger partial charge in [-0.1, -0.05) is 26.0 Å². The minimum Gasteiger partial charge on any atom is -0.478 e. The third kappa shape index (κ3) is 3.26. The van der Waals surface area contributed by atoms with E-state index in [-0.39, 0.29) is 17.0 Å². The first-order chi connectivity index (χ1) is 8.58. The molecule has 0 spiro atoms. The predicted molar refractivity (Wildman–Crippen MR) is 62.8 cm³/mol. The van der Waals surface area contributed by atoms with Gasteiger partial charge >= 0.3 is 12.1 Å². The first kappa shape index (κ1) is 15.5. The summed E-state index contributed by atoms with van der Waals surface area (Å²) >= 11 is 0. The molecule has 0 aromatic heterocycles. The van der Waals surface area contributed by atoms with E-state index >= 15 is 0 Å². The van der Waals surface area contributed by atoms with Gasteiger partial charge in [-0.25, -0.2) is 4.79 Å². The van der Waals surface area contributed by atoms with Gasteiger partial charge in [0.15, 0.2) is 5.60 Å². The van der Waals surface area contributed by atoms with Gasteiger partial charge in [-0.05, 0) is 30.0 Å². The molecule has 0 bridgehead atoms. The number of hydrogen-bond donors (Lipinski definition) is 2. The lowest BCUT2D eigenvalue weighted by atomic mass is 9.84. The number of halogens is 3. The van der Waals surface area contributed by atoms with Crippen molar-refractivity contribution in [3.63, 3.8) is 0 Å². The number of carboxylic acids is 1. The van der Waals surface area contributed by atoms with Crippen LogP contribution in [0.5, 0.6) is 0 Å². The smallest absolute Gasteiger partial charge is 0.421 e. The molecule has 1 rings (SSSR count). The van der Waals surface area contributed by atoms with Gasteiger partial charge < -0.3 is 10.2 Å². The van der Waals surface area contributed by atoms with Crippen molar-refractivity contribution in [2.24, 2.45) is 5.92 Å². The van der Waals surface area contributed by atoms with Crippen LogP contribution in [0, 0.1) is 5.92 Å². The highest BCUT2D eigenvalue weighted by Crippen LogP contribution is 2.43. The Bertz CT molecular complexity index is 451. The van der Waals surface area contributed by atoms with Crippen LogP contribution in [0.1, 0.15) is 36.2 Å². The summed E-state index contributed by atoms with van der Waals surface area (Å²) in [6.07, 6.45) is -5.30. The lowest BCUT2D eigenvalue weighted by Crippen LogP contribution is -2.43. The van der Waals surface area contributed by atoms with Gasteiger partial charge in [0.2, 0.25) is 0 Å². The molecule has 0 aliphatic rings. The SMILES string of the molecule is CC(C)CC(O)(c1ccc(C(=O)O)cc1)C(F)(F)F. The number of aliphatic hydroxyl groups is 1. The van der Waals surface area contributed by atoms with Crippen LogP contribution in [0.2, 0.25) is 0 Å². The maximum absolute atomic E-state index is 13.0. The van der Waals surface area contributed by atoms with Crippen LogP contribution >= 0.6 is 0 Å². The van der Waals surface area contributed by atoms with Crippen molar-refractivity contribution in [2.45, 2.75) is 32.0 Å². The molecule has 106 valence electrons. The second kappa shape index (κ2) is 5.21. The van der Waals surface area contributed by atoms with Gasteiger partial charge in [-0.15, -0.1) is 0 Å². The van der Waals surface area contributed by atoms with Crippen molar-refractivity contribution in [2.75, 3.05) is 0 Å². The van der Waals surface area contributed by atoms with E-state index in [9.17, 15) is 23.1 Å². The molecule has 6 heteroatoms. The van der Waals surface area contributed by atoms with Crippen molar-refractivity contribution in [3.8, 4) is 0 Å². The van der Waals surface area contributed by atoms with Crippen molar-refractivity contribution in [1.82, 2.24) is 0 Å². The monoisotopic (exact) mass is 276 g/mol. The van der Waals surface area contributed by atoms with E-state index < -0.39 is 24.2 Å². The zero-order valence-electron chi connectivity index (χ0n) is 10.5. The largest absolute Gasteiger partial charge is 0.478 e. The van der Waals surface area contributed by atoms with Crippen LogP contribution in [0.25, 0.3) is 0 Å². The lowest BCUT2D eigenvalue weighted by Gasteiger charge is -2.32. The Kier molecular flexibility index (Phi) is 4.25. The van der Waals surface area contributed by atoms with Crippen LogP contribution in [0.15, 0.2) is 24.3 Å². The van der Waals surface area contributed by atoms with Crippen molar-refractivity contribution in [3.05, 3.63) is 35.4 Å². The van der Waals surface area contributed by atoms with Crippen LogP contribution in [-0.2, 0) is 5.60 Å². The van der Waals surface area contributed by atoms with E-state index in [2.05, 4.69) is 0 Å². The zero-order chi connectivity index (χ0) is 14.8. The molecule has 1 atom stereocenters. The van der Waals surface area contributed by atoms with Crippen molar-refractivity contribution in [1.29, 1.82) is 0 Å². The normalized spacial score (nSPS) is 15.3. The van der Waals surface area contributed by atoms with Crippen LogP contribution in [-0.4, -0.2) is 22.4 Å². The van der Waals surface area contributed by atoms with Gasteiger partial charge in [-0.3, -0.25) is 0 Å². The Balaban J connectivity index is 3.22. The molecule has 0 heterocycles. The Morgan fingerprint density at radius 2 is 1.68 bits per heavy atom. The summed E-state index contributed by atoms with van der Waals surface area (Å²) in [5.41, 5.74) is -3.44. The van der Waals surface area contributed by atoms with E-state index in [4.69, 9.17) is 5.11 Å². The Hall–Kier alpha value is -1.56. The number of hydrogen-bond acceptors (Lipinski definition) is 2. The highest BCUT2D eigenvalue weighted by Gasteiger charge is 2.54. The molecule has 0 aliphatic heterocycles. The number of carboxylic acid groups (broad SMARTS) is 1. The molecule has 0 aliphatic carbocycles. The van der Waals surface area contributed by atoms with Gasteiger partial charge in [0.25, 0.3) is 0 Å². The summed E-state index contributed by atoms with van der Waals surface area (Å²) in [6.45, 7) is 3.14. The summed E-state index contributed by atoms with van der Waals surface area (Å²) in [4.78, 5) is 10.7. The minimum atomic E-state index is -4.82. The summed E-state index contributed by atoms with van der Waals surface area (Å²) in [7, 11) is 0. The van der Waals surface area contributed by atoms with Crippen molar-refractivity contribution >= 4 is 5.97 Å². The first-order valence-corrected chi connectivity index (χ1v) is 5.71. The standard InChI is InChI=1S/C13H15F3O3/c1-8(2)7-12(19,13(14,15)16)10-5-3-9(4-6-10)11(17)18/h3-6,8,19H,7H2,1-2H3,(H,17,18). The van der Waals surface area contributed by atoms with E-state index in [0.717, 1.165) is 24.3 Å². The van der Waals surface area contributed by atoms with Gasteiger partial charge in [-0.2, -0.15) is 13.2 Å². The van der Waals surface area contributed by atoms with Crippen LogP contribution in [0.3, 0.4) is 0 Å². The van der Waals surface area contributed by atoms with Gasteiger partial charge in [0.1, 0.15) is 0 Å². The molecule has 1 aromatic rings. The van der Waals surface area contributed by atoms with E-state index in [0.29, 0.717) is 0 Å². The third-order valence-corrected chi connectivity index (χ3v) is 2.78. The number of rotatable bonds is 4. The fourth-order valence-electron chi connectivity index (χ4n) is 1.88. The molecule has 0 fully saturated rings. The second-order valence-electron chi connectivity index (χ2n) is 4.84. The highest BCUT2D eigenvalue weighted by atomic mass is 19.4. The van der Waals surface area contributed by atoms with Crippen LogP contribution in [0.4, 0.5) is 13.2 Å². The number of benzene rings is 1. The van der Waals surface area contributed by atoms with Gasteiger partial charge in [0, 0.05) is 0 Å². The molecule has 0 radical (unpaired) electrons. The van der Waals surface area contributed by atoms with E-state index in [1.54, 1.807) is 13.8 Å². The average Bonchev–Trinajstić information content (AvgIpc) is 2.26. The Morgan fingerprint density at radius 3 is 2.00 bits per heavy atom. The zero-order valence-corrected chi connectivity index (χ0v) is 10.5. The lowest BCUT2D eigenvalue weighted by molar-refractivity contribution is -0.272. The Morgan fingerprint density at radius 1 is 1.21 bits per heavy atom. The number of carbonyl (C=O) groups is 1. The molecule has 0 amide bonds. The summed E-state index contributed by atoms with van der Waals surface area (Å²) in [5.74, 6) is -1.60. The van der Waals surface area contributed by atoms with Crippen LogP contribution < -0.4 is 0 Å². The molecule has 0 saturated heterocycles. The average molecular weight is 276 g/mol. The number of aromatic carboxylic acids is 1. The summed E-state index contributed by atoms with van der Waals surface area (Å²) < 4.78 is 39.1. The van der Waals surface area contributed by atoms with E-state index in [1.165, 1.54) is 0 Å². The molecular weight excluding hydrogens is 261 g/mol. The molecule has 1 unspecified atom stereocenters. The van der Waals surface area contributed by atoms with Crippen molar-refractivity contribution < 1.29 is 28.2 Å². The summed E-state index contributed by atoms with van der Waals surface area (Å²) in [6, 6.07) is 4.10. The fourth-order valence-corrected chi connectivity index (χ4v) is 1.88. The first-order valence-electron chi connectivity index (χ1n) is 5.71. The highest BCUT2D eigenvalue weighted by molar-refractivity contribution is 5.87. The second-order valence-corrected chi connectivity index (χ2v) is 4.84. The third-order valence-electron chi connectivity index (χ3n) is 2.78. The molecule has 1 aromatic carbocycles. The minimum absolute atomic E-state index is 0.127. The topological polar surface area (TPSA) is 57.5 Å². The summed E-state index contributed by atoms with van der Waals surface area (Å²) in [5, 5.41) is 18.6. The van der Waals surface area contributed by atoms with E-state index in [1.807, 2.05) is 0 Å². The van der Waals surface area contributed by atoms with Gasteiger partial charge in [0.05, 0.1) is 5.56 Å². The molecule has 0 saturated carbocycles. The number of alkyl halides is 3. The molecule has 19 heavy (non-hydrogen) atoms. The maximum atomic E-state index is 13.0. The fraction of sp³-hybridized carbons (Fsp3) is 0.462. The molecule has 3 nitrogen and oxygen atoms in total. The Labute approximate surface area is 108 Å². The quantitative estimate of drug-likeness (QED) is 0.888. The maximum Gasteiger partial charge on any atom is 0.421 e. The molecular formula is C13H15F3O3. The molecule has 2 N–H and O–H groups in total. The predicted octanol–water partition coefficient (Wildman–Crippen LogP) is 3.18.